The zero-order valence-electron chi connectivity index (χ0n) is 13.2. The molecule has 1 heterocycles. The minimum Gasteiger partial charge on any atom is -0.346 e. The zero-order chi connectivity index (χ0) is 16.3. The number of nitrogens with zero attached hydrogens (tertiary/aromatic N) is 2. The lowest BCUT2D eigenvalue weighted by Crippen LogP contribution is -2.17. The number of carbonyl (C=O) groups is 1. The molecule has 0 fully saturated rings. The third-order valence-electron chi connectivity index (χ3n) is 3.52. The van der Waals surface area contributed by atoms with Crippen LogP contribution < -0.4 is 5.43 Å². The molecule has 22 heavy (non-hydrogen) atoms. The number of aryl methyl sites for hydroxylation is 1. The van der Waals surface area contributed by atoms with Crippen LogP contribution in [-0.4, -0.2) is 16.7 Å². The number of hydrazone groups is 1. The summed E-state index contributed by atoms with van der Waals surface area (Å²) in [6.45, 7) is 8.40. The summed E-state index contributed by atoms with van der Waals surface area (Å²) in [4.78, 5) is 11.9. The fraction of sp³-hybridized carbons (Fsp3) is 0.294. The largest absolute Gasteiger partial charge is 0.346 e. The van der Waals surface area contributed by atoms with Gasteiger partial charge in [-0.2, -0.15) is 5.10 Å². The van der Waals surface area contributed by atoms with Crippen molar-refractivity contribution in [2.24, 2.45) is 5.10 Å². The number of amides is 1. The van der Waals surface area contributed by atoms with E-state index in [0.29, 0.717) is 16.6 Å². The number of benzene rings is 1. The SMILES string of the molecule is Cc1cc(C=NNC(=O)c2ccc(Cl)cc2)c(C)n1C(C)C. The Morgan fingerprint density at radius 3 is 2.45 bits per heavy atom. The molecule has 0 radical (unpaired) electrons. The van der Waals surface area contributed by atoms with Gasteiger partial charge < -0.3 is 4.57 Å². The lowest BCUT2D eigenvalue weighted by Gasteiger charge is -2.13. The van der Waals surface area contributed by atoms with Crippen LogP contribution >= 0.6 is 11.6 Å². The highest BCUT2D eigenvalue weighted by Crippen LogP contribution is 2.18. The van der Waals surface area contributed by atoms with Gasteiger partial charge in [0.1, 0.15) is 0 Å². The van der Waals surface area contributed by atoms with E-state index in [1.807, 2.05) is 0 Å². The second kappa shape index (κ2) is 6.79. The first-order chi connectivity index (χ1) is 10.4. The Morgan fingerprint density at radius 1 is 1.27 bits per heavy atom. The number of aromatic nitrogens is 1. The van der Waals surface area contributed by atoms with E-state index in [1.165, 1.54) is 5.69 Å². The Bertz CT molecular complexity index is 699. The van der Waals surface area contributed by atoms with Crippen molar-refractivity contribution in [1.82, 2.24) is 9.99 Å². The van der Waals surface area contributed by atoms with Crippen LogP contribution in [0.15, 0.2) is 35.4 Å². The summed E-state index contributed by atoms with van der Waals surface area (Å²) in [5, 5.41) is 4.64. The van der Waals surface area contributed by atoms with E-state index in [9.17, 15) is 4.79 Å². The number of carbonyl (C=O) groups excluding carboxylic acids is 1. The number of rotatable bonds is 4. The maximum Gasteiger partial charge on any atom is 0.271 e. The average Bonchev–Trinajstić information content (AvgIpc) is 2.74. The average molecular weight is 318 g/mol. The van der Waals surface area contributed by atoms with E-state index >= 15 is 0 Å². The van der Waals surface area contributed by atoms with Crippen LogP contribution in [0.1, 0.15) is 47.2 Å². The van der Waals surface area contributed by atoms with Gasteiger partial charge >= 0.3 is 0 Å². The fourth-order valence-corrected chi connectivity index (χ4v) is 2.68. The minimum atomic E-state index is -0.259. The molecule has 0 aliphatic carbocycles. The second-order valence-electron chi connectivity index (χ2n) is 5.50. The Morgan fingerprint density at radius 2 is 1.91 bits per heavy atom. The minimum absolute atomic E-state index is 0.259. The molecule has 0 spiro atoms. The number of halogens is 1. The Kier molecular flexibility index (Phi) is 5.03. The van der Waals surface area contributed by atoms with Crippen LogP contribution in [0.4, 0.5) is 0 Å². The molecule has 0 aliphatic rings. The molecule has 0 saturated carbocycles. The summed E-state index contributed by atoms with van der Waals surface area (Å²) < 4.78 is 2.24. The van der Waals surface area contributed by atoms with Gasteiger partial charge in [0, 0.05) is 33.6 Å². The van der Waals surface area contributed by atoms with Gasteiger partial charge in [-0.05, 0) is 58.0 Å². The number of hydrogen-bond donors (Lipinski definition) is 1. The Labute approximate surface area is 135 Å². The van der Waals surface area contributed by atoms with Crippen LogP contribution in [0.2, 0.25) is 5.02 Å². The second-order valence-corrected chi connectivity index (χ2v) is 5.93. The monoisotopic (exact) mass is 317 g/mol. The summed E-state index contributed by atoms with van der Waals surface area (Å²) in [5.41, 5.74) is 6.37. The molecule has 2 aromatic rings. The highest BCUT2D eigenvalue weighted by Gasteiger charge is 2.10. The fourth-order valence-electron chi connectivity index (χ4n) is 2.55. The van der Waals surface area contributed by atoms with Gasteiger partial charge in [0.05, 0.1) is 6.21 Å². The molecule has 0 bridgehead atoms. The van der Waals surface area contributed by atoms with Crippen molar-refractivity contribution in [3.63, 3.8) is 0 Å². The lowest BCUT2D eigenvalue weighted by molar-refractivity contribution is 0.0955. The normalized spacial score (nSPS) is 11.4. The molecule has 1 aromatic heterocycles. The molecule has 5 heteroatoms. The first kappa shape index (κ1) is 16.3. The van der Waals surface area contributed by atoms with Crippen molar-refractivity contribution in [3.05, 3.63) is 57.9 Å². The first-order valence-corrected chi connectivity index (χ1v) is 7.55. The highest BCUT2D eigenvalue weighted by atomic mass is 35.5. The van der Waals surface area contributed by atoms with Crippen molar-refractivity contribution >= 4 is 23.7 Å². The third kappa shape index (κ3) is 3.57. The van der Waals surface area contributed by atoms with Crippen molar-refractivity contribution < 1.29 is 4.79 Å². The number of hydrogen-bond acceptors (Lipinski definition) is 2. The van der Waals surface area contributed by atoms with Gasteiger partial charge in [-0.25, -0.2) is 5.43 Å². The predicted molar refractivity (Wildman–Crippen MR) is 90.8 cm³/mol. The highest BCUT2D eigenvalue weighted by molar-refractivity contribution is 6.30. The Hall–Kier alpha value is -2.07. The number of nitrogens with one attached hydrogen (secondary N) is 1. The van der Waals surface area contributed by atoms with Gasteiger partial charge in [0.15, 0.2) is 0 Å². The molecule has 116 valence electrons. The van der Waals surface area contributed by atoms with Gasteiger partial charge in [-0.1, -0.05) is 11.6 Å². The van der Waals surface area contributed by atoms with Crippen LogP contribution in [0, 0.1) is 13.8 Å². The molecule has 0 saturated heterocycles. The van der Waals surface area contributed by atoms with Crippen LogP contribution in [0.5, 0.6) is 0 Å². The maximum absolute atomic E-state index is 11.9. The summed E-state index contributed by atoms with van der Waals surface area (Å²) >= 11 is 5.80. The first-order valence-electron chi connectivity index (χ1n) is 7.17. The Balaban J connectivity index is 2.08. The zero-order valence-corrected chi connectivity index (χ0v) is 14.0. The van der Waals surface area contributed by atoms with E-state index in [2.05, 4.69) is 48.9 Å². The molecule has 2 rings (SSSR count). The topological polar surface area (TPSA) is 46.4 Å². The van der Waals surface area contributed by atoms with E-state index in [4.69, 9.17) is 11.6 Å². The van der Waals surface area contributed by atoms with Gasteiger partial charge in [0.2, 0.25) is 0 Å². The van der Waals surface area contributed by atoms with Gasteiger partial charge in [-0.3, -0.25) is 4.79 Å². The summed E-state index contributed by atoms with van der Waals surface area (Å²) in [5.74, 6) is -0.259. The quantitative estimate of drug-likeness (QED) is 0.669. The summed E-state index contributed by atoms with van der Waals surface area (Å²) in [7, 11) is 0. The molecular formula is C17H20ClN3O. The predicted octanol–water partition coefficient (Wildman–Crippen LogP) is 4.10. The molecule has 4 nitrogen and oxygen atoms in total. The third-order valence-corrected chi connectivity index (χ3v) is 3.77. The summed E-state index contributed by atoms with van der Waals surface area (Å²) in [6.07, 6.45) is 1.68. The van der Waals surface area contributed by atoms with Crippen LogP contribution in [0.25, 0.3) is 0 Å². The van der Waals surface area contributed by atoms with Crippen molar-refractivity contribution in [1.29, 1.82) is 0 Å². The molecular weight excluding hydrogens is 298 g/mol. The smallest absolute Gasteiger partial charge is 0.271 e. The van der Waals surface area contributed by atoms with Gasteiger partial charge in [0.25, 0.3) is 5.91 Å². The van der Waals surface area contributed by atoms with E-state index in [0.717, 1.165) is 11.3 Å². The van der Waals surface area contributed by atoms with E-state index in [1.54, 1.807) is 30.5 Å². The van der Waals surface area contributed by atoms with Crippen LogP contribution in [0.3, 0.4) is 0 Å². The summed E-state index contributed by atoms with van der Waals surface area (Å²) in [6, 6.07) is 9.14. The van der Waals surface area contributed by atoms with Crippen molar-refractivity contribution in [2.75, 3.05) is 0 Å². The van der Waals surface area contributed by atoms with Crippen molar-refractivity contribution in [3.8, 4) is 0 Å². The molecule has 1 aromatic carbocycles. The van der Waals surface area contributed by atoms with Crippen LogP contribution in [-0.2, 0) is 0 Å². The van der Waals surface area contributed by atoms with E-state index in [-0.39, 0.29) is 5.91 Å². The lowest BCUT2D eigenvalue weighted by atomic mass is 10.2. The molecule has 1 amide bonds. The van der Waals surface area contributed by atoms with Crippen molar-refractivity contribution in [2.45, 2.75) is 33.7 Å². The molecule has 0 aliphatic heterocycles. The molecule has 0 unspecified atom stereocenters. The maximum atomic E-state index is 11.9. The van der Waals surface area contributed by atoms with Gasteiger partial charge in [-0.15, -0.1) is 0 Å². The van der Waals surface area contributed by atoms with E-state index < -0.39 is 0 Å². The standard InChI is InChI=1S/C17H20ClN3O/c1-11(2)21-12(3)9-15(13(21)4)10-19-20-17(22)14-5-7-16(18)8-6-14/h5-11H,1-4H3,(H,20,22). The molecule has 0 atom stereocenters. The molecule has 1 N–H and O–H groups in total.